The first-order valence-corrected chi connectivity index (χ1v) is 12.0. The number of rotatable bonds is 6. The Balaban J connectivity index is 1.27. The molecule has 0 radical (unpaired) electrons. The Bertz CT molecular complexity index is 1330. The third-order valence-electron chi connectivity index (χ3n) is 5.97. The van der Waals surface area contributed by atoms with Gasteiger partial charge in [0.25, 0.3) is 11.5 Å². The Hall–Kier alpha value is -3.53. The van der Waals surface area contributed by atoms with Crippen molar-refractivity contribution in [3.05, 3.63) is 56.4 Å². The summed E-state index contributed by atoms with van der Waals surface area (Å²) in [6.07, 6.45) is 5.40. The van der Waals surface area contributed by atoms with Crippen molar-refractivity contribution in [1.29, 1.82) is 0 Å². The number of carbonyl (C=O) groups is 3. The number of nitrogens with one attached hydrogen (secondary N) is 2. The maximum atomic E-state index is 12.9. The van der Waals surface area contributed by atoms with Crippen LogP contribution in [0.4, 0.5) is 10.5 Å². The number of hydrogen-bond donors (Lipinski definition) is 2. The Labute approximate surface area is 200 Å². The first-order chi connectivity index (χ1) is 16.3. The van der Waals surface area contributed by atoms with Crippen molar-refractivity contribution >= 4 is 45.1 Å². The molecule has 1 aliphatic rings. The second kappa shape index (κ2) is 10.2. The number of benzene rings is 1. The number of aryl methyl sites for hydroxylation is 4. The first kappa shape index (κ1) is 23.6. The van der Waals surface area contributed by atoms with Crippen LogP contribution < -0.4 is 16.2 Å². The molecule has 2 N–H and O–H groups in total. The fourth-order valence-electron chi connectivity index (χ4n) is 3.97. The van der Waals surface area contributed by atoms with Gasteiger partial charge in [0.05, 0.1) is 18.1 Å². The molecule has 0 saturated heterocycles. The normalized spacial score (nSPS) is 12.8. The van der Waals surface area contributed by atoms with E-state index in [1.54, 1.807) is 23.5 Å². The van der Waals surface area contributed by atoms with Crippen LogP contribution in [0.2, 0.25) is 0 Å². The predicted octanol–water partition coefficient (Wildman–Crippen LogP) is 3.24. The molecule has 2 aromatic heterocycles. The molecule has 3 amide bonds. The van der Waals surface area contributed by atoms with Crippen molar-refractivity contribution in [2.24, 2.45) is 0 Å². The van der Waals surface area contributed by atoms with Crippen LogP contribution in [-0.4, -0.2) is 34.1 Å². The zero-order valence-corrected chi connectivity index (χ0v) is 19.9. The van der Waals surface area contributed by atoms with Crippen molar-refractivity contribution in [3.63, 3.8) is 0 Å². The molecule has 0 aliphatic heterocycles. The highest BCUT2D eigenvalue weighted by Crippen LogP contribution is 2.33. The van der Waals surface area contributed by atoms with E-state index in [1.807, 2.05) is 19.9 Å². The van der Waals surface area contributed by atoms with Gasteiger partial charge in [0.1, 0.15) is 4.83 Å². The molecule has 2 heterocycles. The highest BCUT2D eigenvalue weighted by molar-refractivity contribution is 7.18. The molecule has 0 bridgehead atoms. The predicted molar refractivity (Wildman–Crippen MR) is 129 cm³/mol. The molecule has 0 spiro atoms. The first-order valence-electron chi connectivity index (χ1n) is 11.2. The fraction of sp³-hybridized carbons (Fsp3) is 0.375. The number of aromatic nitrogens is 2. The van der Waals surface area contributed by atoms with Crippen molar-refractivity contribution in [3.8, 4) is 0 Å². The molecular weight excluding hydrogens is 456 g/mol. The number of esters is 1. The third-order valence-corrected chi connectivity index (χ3v) is 7.17. The molecule has 1 aromatic carbocycles. The summed E-state index contributed by atoms with van der Waals surface area (Å²) >= 11 is 1.57. The summed E-state index contributed by atoms with van der Waals surface area (Å²) < 4.78 is 6.36. The number of fused-ring (bicyclic) bond motifs is 3. The molecule has 0 fully saturated rings. The van der Waals surface area contributed by atoms with Gasteiger partial charge in [-0.15, -0.1) is 11.3 Å². The summed E-state index contributed by atoms with van der Waals surface area (Å²) in [5, 5.41) is 5.39. The van der Waals surface area contributed by atoms with Gasteiger partial charge in [0.2, 0.25) is 0 Å². The van der Waals surface area contributed by atoms with Gasteiger partial charge in [-0.3, -0.25) is 24.3 Å². The molecule has 178 valence electrons. The Morgan fingerprint density at radius 1 is 1.18 bits per heavy atom. The molecule has 3 aromatic rings. The van der Waals surface area contributed by atoms with E-state index >= 15 is 0 Å². The maximum Gasteiger partial charge on any atom is 0.325 e. The van der Waals surface area contributed by atoms with Crippen LogP contribution in [0, 0.1) is 13.8 Å². The van der Waals surface area contributed by atoms with E-state index in [1.165, 1.54) is 15.8 Å². The number of nitrogens with zero attached hydrogens (tertiary/aromatic N) is 2. The number of imide groups is 1. The van der Waals surface area contributed by atoms with Crippen LogP contribution in [0.5, 0.6) is 0 Å². The van der Waals surface area contributed by atoms with E-state index < -0.39 is 24.5 Å². The Kier molecular flexibility index (Phi) is 7.06. The van der Waals surface area contributed by atoms with Gasteiger partial charge in [0, 0.05) is 17.1 Å². The Morgan fingerprint density at radius 2 is 1.97 bits per heavy atom. The average molecular weight is 483 g/mol. The smallest absolute Gasteiger partial charge is 0.325 e. The summed E-state index contributed by atoms with van der Waals surface area (Å²) in [5.74, 6) is -1.40. The van der Waals surface area contributed by atoms with E-state index in [9.17, 15) is 19.2 Å². The summed E-state index contributed by atoms with van der Waals surface area (Å²) in [7, 11) is 0. The highest BCUT2D eigenvalue weighted by Gasteiger charge is 2.20. The largest absolute Gasteiger partial charge is 0.456 e. The van der Waals surface area contributed by atoms with Gasteiger partial charge >= 0.3 is 12.0 Å². The molecular formula is C24H26N4O5S. The number of carbonyl (C=O) groups excluding carboxylic acids is 3. The summed E-state index contributed by atoms with van der Waals surface area (Å²) in [6, 6.07) is 4.74. The number of hydrogen-bond acceptors (Lipinski definition) is 7. The van der Waals surface area contributed by atoms with Crippen molar-refractivity contribution < 1.29 is 19.1 Å². The topological polar surface area (TPSA) is 119 Å². The van der Waals surface area contributed by atoms with E-state index in [0.29, 0.717) is 11.1 Å². The standard InChI is InChI=1S/C24H26N4O5S/c1-14-6-5-8-17(15(14)2)26-24(32)27-19(29)12-33-20(30)10-11-28-13-25-22-21(23(28)31)16-7-3-4-9-18(16)34-22/h5-6,8,13H,3-4,7,9-12H2,1-2H3,(H2,26,27,29,32). The van der Waals surface area contributed by atoms with Gasteiger partial charge in [0.15, 0.2) is 6.61 Å². The van der Waals surface area contributed by atoms with E-state index in [0.717, 1.165) is 47.2 Å². The molecule has 0 saturated carbocycles. The molecule has 0 atom stereocenters. The molecule has 0 unspecified atom stereocenters. The van der Waals surface area contributed by atoms with Gasteiger partial charge in [-0.05, 0) is 62.3 Å². The van der Waals surface area contributed by atoms with E-state index in [2.05, 4.69) is 15.6 Å². The van der Waals surface area contributed by atoms with Crippen LogP contribution in [0.1, 0.15) is 40.8 Å². The number of thiophene rings is 1. The highest BCUT2D eigenvalue weighted by atomic mass is 32.1. The number of amides is 3. The lowest BCUT2D eigenvalue weighted by Gasteiger charge is -2.11. The minimum absolute atomic E-state index is 0.0958. The molecule has 34 heavy (non-hydrogen) atoms. The quantitative estimate of drug-likeness (QED) is 0.521. The fourth-order valence-corrected chi connectivity index (χ4v) is 5.19. The third kappa shape index (κ3) is 5.17. The Morgan fingerprint density at radius 3 is 2.79 bits per heavy atom. The lowest BCUT2D eigenvalue weighted by molar-refractivity contribution is -0.148. The van der Waals surface area contributed by atoms with Crippen LogP contribution in [-0.2, 0) is 33.7 Å². The maximum absolute atomic E-state index is 12.9. The second-order valence-corrected chi connectivity index (χ2v) is 9.38. The number of anilines is 1. The monoisotopic (exact) mass is 482 g/mol. The minimum Gasteiger partial charge on any atom is -0.456 e. The van der Waals surface area contributed by atoms with Gasteiger partial charge in [-0.2, -0.15) is 0 Å². The van der Waals surface area contributed by atoms with E-state index in [4.69, 9.17) is 4.74 Å². The van der Waals surface area contributed by atoms with Gasteiger partial charge < -0.3 is 10.1 Å². The summed E-state index contributed by atoms with van der Waals surface area (Å²) in [4.78, 5) is 55.4. The average Bonchev–Trinajstić information content (AvgIpc) is 3.19. The van der Waals surface area contributed by atoms with E-state index in [-0.39, 0.29) is 18.5 Å². The molecule has 9 nitrogen and oxygen atoms in total. The van der Waals surface area contributed by atoms with Crippen LogP contribution in [0.3, 0.4) is 0 Å². The van der Waals surface area contributed by atoms with Gasteiger partial charge in [-0.25, -0.2) is 9.78 Å². The molecule has 1 aliphatic carbocycles. The number of urea groups is 1. The molecule has 4 rings (SSSR count). The SMILES string of the molecule is Cc1cccc(NC(=O)NC(=O)COC(=O)CCn2cnc3sc4c(c3c2=O)CCCC4)c1C. The van der Waals surface area contributed by atoms with Crippen LogP contribution >= 0.6 is 11.3 Å². The summed E-state index contributed by atoms with van der Waals surface area (Å²) in [6.45, 7) is 3.28. The van der Waals surface area contributed by atoms with Crippen molar-refractivity contribution in [2.45, 2.75) is 52.5 Å². The minimum atomic E-state index is -0.749. The number of ether oxygens (including phenoxy) is 1. The zero-order chi connectivity index (χ0) is 24.2. The lowest BCUT2D eigenvalue weighted by atomic mass is 9.97. The lowest BCUT2D eigenvalue weighted by Crippen LogP contribution is -2.37. The second-order valence-electron chi connectivity index (χ2n) is 8.29. The van der Waals surface area contributed by atoms with Crippen molar-refractivity contribution in [2.75, 3.05) is 11.9 Å². The van der Waals surface area contributed by atoms with Crippen LogP contribution in [0.25, 0.3) is 10.2 Å². The van der Waals surface area contributed by atoms with Gasteiger partial charge in [-0.1, -0.05) is 12.1 Å². The molecule has 10 heteroatoms. The summed E-state index contributed by atoms with van der Waals surface area (Å²) in [5.41, 5.74) is 3.42. The zero-order valence-electron chi connectivity index (χ0n) is 19.1. The van der Waals surface area contributed by atoms with Crippen molar-refractivity contribution in [1.82, 2.24) is 14.9 Å². The van der Waals surface area contributed by atoms with Crippen LogP contribution in [0.15, 0.2) is 29.3 Å².